The number of nitrogens with zero attached hydrogens (tertiary/aromatic N) is 4. The lowest BCUT2D eigenvalue weighted by Crippen LogP contribution is -2.21. The molecule has 2 saturated heterocycles. The van der Waals surface area contributed by atoms with Gasteiger partial charge in [0, 0.05) is 37.6 Å². The summed E-state index contributed by atoms with van der Waals surface area (Å²) in [7, 11) is 0. The zero-order chi connectivity index (χ0) is 25.9. The molecule has 0 saturated carbocycles. The standard InChI is InChI=1S/C29H34N6O3/c30-28-27-25(15-26(32-28)38-19-20-8-12-37-13-9-20)35(29(36)33-27)18-22-6-7-24(31-16-22)23-5-3-4-21(14-23)17-34-10-1-2-11-34/h3-7,14-16,20H,1-2,8-13,17-19H2,(H2,30,32)(H,33,36). The third-order valence-corrected chi connectivity index (χ3v) is 7.57. The molecule has 4 aromatic rings. The number of nitrogens with one attached hydrogen (secondary N) is 1. The molecule has 0 radical (unpaired) electrons. The van der Waals surface area contributed by atoms with Crippen LogP contribution in [-0.4, -0.2) is 57.3 Å². The van der Waals surface area contributed by atoms with Crippen molar-refractivity contribution >= 4 is 16.9 Å². The van der Waals surface area contributed by atoms with E-state index in [1.54, 1.807) is 10.6 Å². The molecule has 198 valence electrons. The maximum atomic E-state index is 12.8. The van der Waals surface area contributed by atoms with E-state index in [4.69, 9.17) is 20.2 Å². The summed E-state index contributed by atoms with van der Waals surface area (Å²) >= 11 is 0. The minimum atomic E-state index is -0.242. The highest BCUT2D eigenvalue weighted by Gasteiger charge is 2.17. The highest BCUT2D eigenvalue weighted by Crippen LogP contribution is 2.25. The minimum absolute atomic E-state index is 0.242. The van der Waals surface area contributed by atoms with Gasteiger partial charge in [-0.1, -0.05) is 24.3 Å². The van der Waals surface area contributed by atoms with E-state index in [-0.39, 0.29) is 11.5 Å². The predicted octanol–water partition coefficient (Wildman–Crippen LogP) is 3.82. The molecule has 0 spiro atoms. The van der Waals surface area contributed by atoms with Crippen LogP contribution in [0.1, 0.15) is 36.8 Å². The maximum Gasteiger partial charge on any atom is 0.326 e. The fourth-order valence-corrected chi connectivity index (χ4v) is 5.40. The molecule has 2 fully saturated rings. The first-order valence-electron chi connectivity index (χ1n) is 13.5. The van der Waals surface area contributed by atoms with Crippen molar-refractivity contribution in [1.82, 2.24) is 24.4 Å². The Labute approximate surface area is 221 Å². The number of nitrogens with two attached hydrogens (primary N) is 1. The van der Waals surface area contributed by atoms with Crippen molar-refractivity contribution in [3.63, 3.8) is 0 Å². The molecule has 0 atom stereocenters. The highest BCUT2D eigenvalue weighted by atomic mass is 16.5. The van der Waals surface area contributed by atoms with E-state index in [2.05, 4.69) is 39.1 Å². The quantitative estimate of drug-likeness (QED) is 0.368. The first-order chi connectivity index (χ1) is 18.6. The van der Waals surface area contributed by atoms with Gasteiger partial charge >= 0.3 is 5.69 Å². The third kappa shape index (κ3) is 5.44. The van der Waals surface area contributed by atoms with Crippen molar-refractivity contribution in [2.75, 3.05) is 38.6 Å². The van der Waals surface area contributed by atoms with Gasteiger partial charge in [0.2, 0.25) is 5.88 Å². The Bertz CT molecular complexity index is 1450. The average Bonchev–Trinajstić information content (AvgIpc) is 3.57. The molecule has 9 heteroatoms. The van der Waals surface area contributed by atoms with E-state index in [9.17, 15) is 4.79 Å². The fourth-order valence-electron chi connectivity index (χ4n) is 5.40. The van der Waals surface area contributed by atoms with Crippen LogP contribution in [0.15, 0.2) is 53.5 Å². The molecule has 5 heterocycles. The molecule has 3 N–H and O–H groups in total. The maximum absolute atomic E-state index is 12.8. The van der Waals surface area contributed by atoms with Crippen LogP contribution in [0.25, 0.3) is 22.3 Å². The number of benzene rings is 1. The molecular weight excluding hydrogens is 480 g/mol. The molecule has 2 aliphatic heterocycles. The molecule has 0 aliphatic carbocycles. The molecule has 1 aromatic carbocycles. The van der Waals surface area contributed by atoms with Gasteiger partial charge in [0.25, 0.3) is 0 Å². The van der Waals surface area contributed by atoms with Crippen LogP contribution in [0.3, 0.4) is 0 Å². The Morgan fingerprint density at radius 1 is 1.05 bits per heavy atom. The van der Waals surface area contributed by atoms with Gasteiger partial charge in [-0.15, -0.1) is 0 Å². The molecular formula is C29H34N6O3. The largest absolute Gasteiger partial charge is 0.477 e. The number of hydrogen-bond acceptors (Lipinski definition) is 7. The molecule has 38 heavy (non-hydrogen) atoms. The number of aromatic nitrogens is 4. The molecule has 0 bridgehead atoms. The molecule has 9 nitrogen and oxygen atoms in total. The van der Waals surface area contributed by atoms with E-state index in [1.165, 1.54) is 31.5 Å². The van der Waals surface area contributed by atoms with Gasteiger partial charge in [-0.3, -0.25) is 14.5 Å². The number of hydrogen-bond donors (Lipinski definition) is 2. The second-order valence-corrected chi connectivity index (χ2v) is 10.4. The number of aromatic amines is 1. The number of nitrogen functional groups attached to an aromatic ring is 1. The molecule has 0 unspecified atom stereocenters. The summed E-state index contributed by atoms with van der Waals surface area (Å²) < 4.78 is 13.1. The lowest BCUT2D eigenvalue weighted by Gasteiger charge is -2.21. The van der Waals surface area contributed by atoms with Crippen molar-refractivity contribution in [1.29, 1.82) is 0 Å². The van der Waals surface area contributed by atoms with Crippen LogP contribution in [0.5, 0.6) is 5.88 Å². The van der Waals surface area contributed by atoms with Crippen LogP contribution < -0.4 is 16.2 Å². The van der Waals surface area contributed by atoms with Crippen LogP contribution in [0.2, 0.25) is 0 Å². The van der Waals surface area contributed by atoms with Gasteiger partial charge < -0.3 is 20.2 Å². The summed E-state index contributed by atoms with van der Waals surface area (Å²) in [5, 5.41) is 0. The zero-order valence-electron chi connectivity index (χ0n) is 21.6. The number of ether oxygens (including phenoxy) is 2. The summed E-state index contributed by atoms with van der Waals surface area (Å²) in [6.07, 6.45) is 6.35. The van der Waals surface area contributed by atoms with Gasteiger partial charge in [0.1, 0.15) is 5.52 Å². The lowest BCUT2D eigenvalue weighted by molar-refractivity contribution is 0.0491. The summed E-state index contributed by atoms with van der Waals surface area (Å²) in [6.45, 7) is 5.78. The third-order valence-electron chi connectivity index (χ3n) is 7.57. The van der Waals surface area contributed by atoms with Crippen molar-refractivity contribution in [3.8, 4) is 17.1 Å². The van der Waals surface area contributed by atoms with E-state index in [0.717, 1.165) is 49.4 Å². The fraction of sp³-hybridized carbons (Fsp3) is 0.414. The summed E-state index contributed by atoms with van der Waals surface area (Å²) in [5.74, 6) is 1.11. The molecule has 2 aliphatic rings. The summed E-state index contributed by atoms with van der Waals surface area (Å²) in [6, 6.07) is 14.4. The summed E-state index contributed by atoms with van der Waals surface area (Å²) in [5.41, 5.74) is 11.4. The van der Waals surface area contributed by atoms with E-state index in [0.29, 0.717) is 36.0 Å². The first-order valence-corrected chi connectivity index (χ1v) is 13.5. The second-order valence-electron chi connectivity index (χ2n) is 10.4. The van der Waals surface area contributed by atoms with Crippen molar-refractivity contribution in [3.05, 3.63) is 70.3 Å². The number of anilines is 1. The number of fused-ring (bicyclic) bond motifs is 1. The number of pyridine rings is 2. The van der Waals surface area contributed by atoms with Crippen LogP contribution in [0, 0.1) is 5.92 Å². The lowest BCUT2D eigenvalue weighted by atomic mass is 10.0. The van der Waals surface area contributed by atoms with Gasteiger partial charge in [0.05, 0.1) is 24.4 Å². The first kappa shape index (κ1) is 24.6. The smallest absolute Gasteiger partial charge is 0.326 e. The Morgan fingerprint density at radius 2 is 1.89 bits per heavy atom. The van der Waals surface area contributed by atoms with Crippen molar-refractivity contribution in [2.24, 2.45) is 5.92 Å². The van der Waals surface area contributed by atoms with Crippen LogP contribution >= 0.6 is 0 Å². The Hall–Kier alpha value is -3.69. The SMILES string of the molecule is Nc1nc(OCC2CCOCC2)cc2c1[nH]c(=O)n2Cc1ccc(-c2cccc(CN3CCCC3)c2)nc1. The number of rotatable bonds is 8. The Kier molecular flexibility index (Phi) is 7.11. The van der Waals surface area contributed by atoms with Gasteiger partial charge in [-0.05, 0) is 68.0 Å². The number of imidazole rings is 1. The van der Waals surface area contributed by atoms with Gasteiger partial charge in [0.15, 0.2) is 5.82 Å². The number of H-pyrrole nitrogens is 1. The monoisotopic (exact) mass is 514 g/mol. The van der Waals surface area contributed by atoms with Crippen molar-refractivity contribution in [2.45, 2.75) is 38.8 Å². The van der Waals surface area contributed by atoms with Gasteiger partial charge in [-0.2, -0.15) is 4.98 Å². The number of likely N-dealkylation sites (tertiary alicyclic amines) is 1. The van der Waals surface area contributed by atoms with E-state index < -0.39 is 0 Å². The van der Waals surface area contributed by atoms with Crippen LogP contribution in [-0.2, 0) is 17.8 Å². The molecule has 0 amide bonds. The van der Waals surface area contributed by atoms with Gasteiger partial charge in [-0.25, -0.2) is 4.79 Å². The summed E-state index contributed by atoms with van der Waals surface area (Å²) in [4.78, 5) is 27.2. The topological polar surface area (TPSA) is 111 Å². The second kappa shape index (κ2) is 11.0. The Morgan fingerprint density at radius 3 is 2.68 bits per heavy atom. The van der Waals surface area contributed by atoms with E-state index >= 15 is 0 Å². The van der Waals surface area contributed by atoms with Crippen molar-refractivity contribution < 1.29 is 9.47 Å². The predicted molar refractivity (Wildman–Crippen MR) is 147 cm³/mol. The average molecular weight is 515 g/mol. The molecule has 3 aromatic heterocycles. The highest BCUT2D eigenvalue weighted by molar-refractivity contribution is 5.85. The van der Waals surface area contributed by atoms with E-state index in [1.807, 2.05) is 18.3 Å². The Balaban J connectivity index is 1.19. The zero-order valence-corrected chi connectivity index (χ0v) is 21.6. The normalized spacial score (nSPS) is 16.8. The van der Waals surface area contributed by atoms with Crippen LogP contribution in [0.4, 0.5) is 5.82 Å². The molecule has 6 rings (SSSR count). The minimum Gasteiger partial charge on any atom is -0.477 e.